The molecule has 0 saturated heterocycles. The van der Waals surface area contributed by atoms with Crippen LogP contribution in [0.4, 0.5) is 11.6 Å². The second-order valence-corrected chi connectivity index (χ2v) is 7.33. The predicted molar refractivity (Wildman–Crippen MR) is 112 cm³/mol. The molecule has 3 aromatic rings. The molecule has 1 aromatic carbocycles. The van der Waals surface area contributed by atoms with Crippen LogP contribution in [0.3, 0.4) is 0 Å². The highest BCUT2D eigenvalue weighted by Gasteiger charge is 2.14. The molecule has 5 nitrogen and oxygen atoms in total. The summed E-state index contributed by atoms with van der Waals surface area (Å²) < 4.78 is 0. The molecule has 0 amide bonds. The molecule has 0 spiro atoms. The van der Waals surface area contributed by atoms with Gasteiger partial charge in [0.05, 0.1) is 5.56 Å². The summed E-state index contributed by atoms with van der Waals surface area (Å²) in [6, 6.07) is 10.0. The lowest BCUT2D eigenvalue weighted by molar-refractivity contribution is 0.103. The number of ketones is 1. The monoisotopic (exact) mass is 374 g/mol. The van der Waals surface area contributed by atoms with E-state index in [1.807, 2.05) is 12.1 Å². The molecule has 0 aliphatic heterocycles. The number of hydrogen-bond acceptors (Lipinski definition) is 5. The van der Waals surface area contributed by atoms with Crippen molar-refractivity contribution >= 4 is 17.4 Å². The number of anilines is 2. The van der Waals surface area contributed by atoms with Crippen LogP contribution in [0.5, 0.6) is 0 Å². The van der Waals surface area contributed by atoms with E-state index >= 15 is 0 Å². The second kappa shape index (κ2) is 9.22. The normalized spacial score (nSPS) is 10.9. The van der Waals surface area contributed by atoms with Gasteiger partial charge in [-0.25, -0.2) is 9.97 Å². The number of pyridine rings is 1. The molecule has 3 rings (SSSR count). The minimum absolute atomic E-state index is 0.0737. The molecule has 0 unspecified atom stereocenters. The Bertz CT molecular complexity index is 918. The summed E-state index contributed by atoms with van der Waals surface area (Å²) in [6.45, 7) is 6.50. The third kappa shape index (κ3) is 5.00. The van der Waals surface area contributed by atoms with Crippen LogP contribution >= 0.6 is 0 Å². The Balaban J connectivity index is 1.70. The fraction of sp³-hybridized carbons (Fsp3) is 0.304. The largest absolute Gasteiger partial charge is 0.324 e. The standard InChI is InChI=1S/C23H26N4O/c1-4-5-18-13-24-11-10-21(18)22(28)19-14-25-23(26-15-19)27-20-8-6-17(7-9-20)12-16(2)3/h6-11,13-16H,4-5,12H2,1-3H3,(H,25,26,27). The average molecular weight is 374 g/mol. The summed E-state index contributed by atoms with van der Waals surface area (Å²) in [5.41, 5.74) is 4.33. The van der Waals surface area contributed by atoms with Gasteiger partial charge in [-0.15, -0.1) is 0 Å². The summed E-state index contributed by atoms with van der Waals surface area (Å²) >= 11 is 0. The maximum absolute atomic E-state index is 12.8. The quantitative estimate of drug-likeness (QED) is 0.562. The van der Waals surface area contributed by atoms with Crippen molar-refractivity contribution in [3.05, 3.63) is 77.4 Å². The first-order chi connectivity index (χ1) is 13.6. The van der Waals surface area contributed by atoms with Gasteiger partial charge in [0, 0.05) is 36.0 Å². The van der Waals surface area contributed by atoms with E-state index < -0.39 is 0 Å². The Morgan fingerprint density at radius 1 is 1.04 bits per heavy atom. The summed E-state index contributed by atoms with van der Waals surface area (Å²) in [5, 5.41) is 3.18. The zero-order chi connectivity index (χ0) is 19.9. The van der Waals surface area contributed by atoms with Gasteiger partial charge in [0.15, 0.2) is 5.78 Å². The zero-order valence-corrected chi connectivity index (χ0v) is 16.6. The summed E-state index contributed by atoms with van der Waals surface area (Å²) in [5.74, 6) is 1.03. The summed E-state index contributed by atoms with van der Waals surface area (Å²) in [7, 11) is 0. The number of nitrogens with zero attached hydrogens (tertiary/aromatic N) is 3. The minimum Gasteiger partial charge on any atom is -0.324 e. The number of carbonyl (C=O) groups excluding carboxylic acids is 1. The third-order valence-electron chi connectivity index (χ3n) is 4.44. The van der Waals surface area contributed by atoms with Crippen molar-refractivity contribution in [2.24, 2.45) is 5.92 Å². The highest BCUT2D eigenvalue weighted by atomic mass is 16.1. The molecule has 2 heterocycles. The smallest absolute Gasteiger partial charge is 0.227 e. The van der Waals surface area contributed by atoms with Crippen LogP contribution in [0.25, 0.3) is 0 Å². The molecule has 144 valence electrons. The van der Waals surface area contributed by atoms with E-state index in [0.717, 1.165) is 30.5 Å². The molecule has 1 N–H and O–H groups in total. The number of aromatic nitrogens is 3. The van der Waals surface area contributed by atoms with Crippen LogP contribution in [-0.2, 0) is 12.8 Å². The van der Waals surface area contributed by atoms with E-state index in [0.29, 0.717) is 23.0 Å². The van der Waals surface area contributed by atoms with E-state index in [2.05, 4.69) is 53.2 Å². The Labute approximate surface area is 166 Å². The predicted octanol–water partition coefficient (Wildman–Crippen LogP) is 5.00. The van der Waals surface area contributed by atoms with E-state index in [9.17, 15) is 4.79 Å². The average Bonchev–Trinajstić information content (AvgIpc) is 2.70. The molecular formula is C23H26N4O. The second-order valence-electron chi connectivity index (χ2n) is 7.33. The first kappa shape index (κ1) is 19.7. The summed E-state index contributed by atoms with van der Waals surface area (Å²) in [4.78, 5) is 25.6. The molecule has 0 radical (unpaired) electrons. The van der Waals surface area contributed by atoms with Gasteiger partial charge in [-0.2, -0.15) is 0 Å². The molecule has 0 saturated carbocycles. The number of rotatable bonds is 8. The molecular weight excluding hydrogens is 348 g/mol. The van der Waals surface area contributed by atoms with Crippen molar-refractivity contribution in [1.82, 2.24) is 15.0 Å². The van der Waals surface area contributed by atoms with Gasteiger partial charge in [-0.05, 0) is 48.1 Å². The van der Waals surface area contributed by atoms with Gasteiger partial charge in [-0.1, -0.05) is 39.3 Å². The lowest BCUT2D eigenvalue weighted by Crippen LogP contribution is -2.08. The van der Waals surface area contributed by atoms with E-state index in [-0.39, 0.29) is 5.78 Å². The summed E-state index contributed by atoms with van der Waals surface area (Å²) in [6.07, 6.45) is 9.39. The maximum atomic E-state index is 12.8. The molecule has 28 heavy (non-hydrogen) atoms. The van der Waals surface area contributed by atoms with E-state index in [4.69, 9.17) is 0 Å². The van der Waals surface area contributed by atoms with Gasteiger partial charge >= 0.3 is 0 Å². The fourth-order valence-electron chi connectivity index (χ4n) is 3.11. The Hall–Kier alpha value is -3.08. The van der Waals surface area contributed by atoms with Crippen LogP contribution in [0, 0.1) is 5.92 Å². The highest BCUT2D eigenvalue weighted by molar-refractivity contribution is 6.09. The minimum atomic E-state index is -0.0737. The van der Waals surface area contributed by atoms with Crippen LogP contribution in [0.15, 0.2) is 55.1 Å². The van der Waals surface area contributed by atoms with Crippen LogP contribution < -0.4 is 5.32 Å². The van der Waals surface area contributed by atoms with Gasteiger partial charge in [0.2, 0.25) is 5.95 Å². The number of nitrogens with one attached hydrogen (secondary N) is 1. The number of carbonyl (C=O) groups is 1. The zero-order valence-electron chi connectivity index (χ0n) is 16.6. The van der Waals surface area contributed by atoms with Crippen molar-refractivity contribution in [2.45, 2.75) is 40.0 Å². The Morgan fingerprint density at radius 2 is 1.75 bits per heavy atom. The number of benzene rings is 1. The van der Waals surface area contributed by atoms with Crippen LogP contribution in [-0.4, -0.2) is 20.7 Å². The van der Waals surface area contributed by atoms with Gasteiger partial charge in [0.25, 0.3) is 0 Å². The van der Waals surface area contributed by atoms with E-state index in [1.54, 1.807) is 30.9 Å². The molecule has 0 bridgehead atoms. The third-order valence-corrected chi connectivity index (χ3v) is 4.44. The van der Waals surface area contributed by atoms with Crippen molar-refractivity contribution in [1.29, 1.82) is 0 Å². The molecule has 5 heteroatoms. The van der Waals surface area contributed by atoms with Crippen molar-refractivity contribution in [2.75, 3.05) is 5.32 Å². The maximum Gasteiger partial charge on any atom is 0.227 e. The highest BCUT2D eigenvalue weighted by Crippen LogP contribution is 2.18. The molecule has 0 atom stereocenters. The molecule has 0 aliphatic rings. The first-order valence-corrected chi connectivity index (χ1v) is 9.72. The lowest BCUT2D eigenvalue weighted by Gasteiger charge is -2.09. The van der Waals surface area contributed by atoms with Crippen molar-refractivity contribution in [3.63, 3.8) is 0 Å². The Morgan fingerprint density at radius 3 is 2.39 bits per heavy atom. The number of hydrogen-bond donors (Lipinski definition) is 1. The van der Waals surface area contributed by atoms with Crippen LogP contribution in [0.2, 0.25) is 0 Å². The molecule has 2 aromatic heterocycles. The molecule has 0 fully saturated rings. The van der Waals surface area contributed by atoms with Crippen molar-refractivity contribution in [3.8, 4) is 0 Å². The molecule has 0 aliphatic carbocycles. The van der Waals surface area contributed by atoms with Gasteiger partial charge in [-0.3, -0.25) is 9.78 Å². The number of aryl methyl sites for hydroxylation is 1. The lowest BCUT2D eigenvalue weighted by atomic mass is 9.99. The van der Waals surface area contributed by atoms with Crippen molar-refractivity contribution < 1.29 is 4.79 Å². The Kier molecular flexibility index (Phi) is 6.48. The fourth-order valence-corrected chi connectivity index (χ4v) is 3.11. The van der Waals surface area contributed by atoms with Gasteiger partial charge < -0.3 is 5.32 Å². The van der Waals surface area contributed by atoms with Crippen LogP contribution in [0.1, 0.15) is 54.2 Å². The van der Waals surface area contributed by atoms with Gasteiger partial charge in [0.1, 0.15) is 0 Å². The topological polar surface area (TPSA) is 67.8 Å². The first-order valence-electron chi connectivity index (χ1n) is 9.72. The SMILES string of the molecule is CCCc1cnccc1C(=O)c1cnc(Nc2ccc(CC(C)C)cc2)nc1. The van der Waals surface area contributed by atoms with E-state index in [1.165, 1.54) is 5.56 Å².